The average Bonchev–Trinajstić information content (AvgIpc) is 3.39. The fraction of sp³-hybridized carbons (Fsp3) is 0.440. The molecule has 3 aromatic rings. The minimum absolute atomic E-state index is 0.00170. The van der Waals surface area contributed by atoms with Crippen LogP contribution in [0.5, 0.6) is 0 Å². The SMILES string of the molecule is Cn1nc(C2CCCCC2)cc1Nc1nccc(-c2cc(C#N)c3c(c2)C(C)(CO)CN3)n1. The highest BCUT2D eigenvalue weighted by molar-refractivity contribution is 5.76. The lowest BCUT2D eigenvalue weighted by atomic mass is 9.83. The maximum absolute atomic E-state index is 9.96. The molecule has 0 saturated heterocycles. The lowest BCUT2D eigenvalue weighted by molar-refractivity contribution is 0.219. The summed E-state index contributed by atoms with van der Waals surface area (Å²) in [7, 11) is 1.93. The van der Waals surface area contributed by atoms with Crippen molar-refractivity contribution >= 4 is 17.5 Å². The summed E-state index contributed by atoms with van der Waals surface area (Å²) in [5, 5.41) is 31.0. The monoisotopic (exact) mass is 443 g/mol. The maximum atomic E-state index is 9.96. The molecule has 3 heterocycles. The Hall–Kier alpha value is -3.44. The normalized spacial score (nSPS) is 20.2. The molecule has 170 valence electrons. The van der Waals surface area contributed by atoms with Crippen LogP contribution in [0.3, 0.4) is 0 Å². The molecule has 33 heavy (non-hydrogen) atoms. The quantitative estimate of drug-likeness (QED) is 0.541. The lowest BCUT2D eigenvalue weighted by Gasteiger charge is -2.21. The zero-order chi connectivity index (χ0) is 23.0. The molecule has 2 aromatic heterocycles. The number of nitrogens with one attached hydrogen (secondary N) is 2. The van der Waals surface area contributed by atoms with Gasteiger partial charge in [0.2, 0.25) is 5.95 Å². The third-order valence-electron chi connectivity index (χ3n) is 7.03. The second-order valence-corrected chi connectivity index (χ2v) is 9.43. The second kappa shape index (κ2) is 8.49. The molecule has 1 aliphatic carbocycles. The Bertz CT molecular complexity index is 1220. The van der Waals surface area contributed by atoms with E-state index in [1.54, 1.807) is 6.20 Å². The minimum atomic E-state index is -0.435. The predicted molar refractivity (Wildman–Crippen MR) is 127 cm³/mol. The van der Waals surface area contributed by atoms with Crippen molar-refractivity contribution < 1.29 is 5.11 Å². The Balaban J connectivity index is 1.45. The van der Waals surface area contributed by atoms with Gasteiger partial charge < -0.3 is 15.7 Å². The number of aliphatic hydroxyl groups is 1. The molecule has 1 aromatic carbocycles. The van der Waals surface area contributed by atoms with Crippen LogP contribution >= 0.6 is 0 Å². The van der Waals surface area contributed by atoms with Crippen molar-refractivity contribution in [2.24, 2.45) is 7.05 Å². The van der Waals surface area contributed by atoms with Crippen molar-refractivity contribution in [2.45, 2.75) is 50.4 Å². The Labute approximate surface area is 193 Å². The first kappa shape index (κ1) is 21.4. The summed E-state index contributed by atoms with van der Waals surface area (Å²) in [5.41, 5.74) is 4.53. The summed E-state index contributed by atoms with van der Waals surface area (Å²) in [6.45, 7) is 2.59. The molecule has 0 radical (unpaired) electrons. The molecular formula is C25H29N7O. The minimum Gasteiger partial charge on any atom is -0.395 e. The number of hydrogen-bond acceptors (Lipinski definition) is 7. The van der Waals surface area contributed by atoms with E-state index in [-0.39, 0.29) is 6.61 Å². The van der Waals surface area contributed by atoms with Crippen LogP contribution in [0, 0.1) is 11.3 Å². The van der Waals surface area contributed by atoms with Crippen LogP contribution in [-0.2, 0) is 12.5 Å². The highest BCUT2D eigenvalue weighted by Gasteiger charge is 2.36. The first-order chi connectivity index (χ1) is 16.0. The third kappa shape index (κ3) is 3.93. The van der Waals surface area contributed by atoms with Gasteiger partial charge in [0.15, 0.2) is 0 Å². The molecule has 2 aliphatic rings. The predicted octanol–water partition coefficient (Wildman–Crippen LogP) is 4.22. The molecule has 0 spiro atoms. The summed E-state index contributed by atoms with van der Waals surface area (Å²) in [4.78, 5) is 9.12. The number of benzene rings is 1. The number of nitriles is 1. The van der Waals surface area contributed by atoms with E-state index in [4.69, 9.17) is 10.1 Å². The molecule has 8 heteroatoms. The molecular weight excluding hydrogens is 414 g/mol. The fourth-order valence-corrected chi connectivity index (χ4v) is 4.96. The van der Waals surface area contributed by atoms with Crippen molar-refractivity contribution in [1.82, 2.24) is 19.7 Å². The van der Waals surface area contributed by atoms with E-state index in [1.165, 1.54) is 32.1 Å². The average molecular weight is 444 g/mol. The maximum Gasteiger partial charge on any atom is 0.228 e. The molecule has 1 aliphatic heterocycles. The second-order valence-electron chi connectivity index (χ2n) is 9.43. The first-order valence-corrected chi connectivity index (χ1v) is 11.6. The van der Waals surface area contributed by atoms with Crippen LogP contribution in [0.15, 0.2) is 30.5 Å². The van der Waals surface area contributed by atoms with Gasteiger partial charge in [-0.15, -0.1) is 0 Å². The van der Waals surface area contributed by atoms with Crippen molar-refractivity contribution in [3.05, 3.63) is 47.3 Å². The smallest absolute Gasteiger partial charge is 0.228 e. The zero-order valence-electron chi connectivity index (χ0n) is 19.1. The van der Waals surface area contributed by atoms with Crippen LogP contribution in [0.4, 0.5) is 17.5 Å². The number of fused-ring (bicyclic) bond motifs is 1. The van der Waals surface area contributed by atoms with E-state index in [9.17, 15) is 10.4 Å². The van der Waals surface area contributed by atoms with Gasteiger partial charge in [-0.05, 0) is 36.6 Å². The van der Waals surface area contributed by atoms with Crippen LogP contribution in [0.25, 0.3) is 11.3 Å². The van der Waals surface area contributed by atoms with E-state index in [0.717, 1.165) is 28.3 Å². The summed E-state index contributed by atoms with van der Waals surface area (Å²) in [5.74, 6) is 1.86. The standard InChI is InChI=1S/C25H29N7O/c1-25(15-33)14-28-23-18(13-26)10-17(11-19(23)25)20-8-9-27-24(29-20)30-22-12-21(31-32(22)2)16-6-4-3-5-7-16/h8-12,16,28,33H,3-7,14-15H2,1-2H3,(H,27,29,30). The topological polar surface area (TPSA) is 112 Å². The van der Waals surface area contributed by atoms with Gasteiger partial charge in [-0.3, -0.25) is 4.68 Å². The number of aryl methyl sites for hydroxylation is 1. The van der Waals surface area contributed by atoms with Gasteiger partial charge in [0.25, 0.3) is 0 Å². The van der Waals surface area contributed by atoms with Crippen LogP contribution in [0.2, 0.25) is 0 Å². The van der Waals surface area contributed by atoms with Crippen LogP contribution in [-0.4, -0.2) is 38.0 Å². The Morgan fingerprint density at radius 1 is 1.27 bits per heavy atom. The fourth-order valence-electron chi connectivity index (χ4n) is 4.96. The third-order valence-corrected chi connectivity index (χ3v) is 7.03. The van der Waals surface area contributed by atoms with Crippen molar-refractivity contribution in [3.8, 4) is 17.3 Å². The van der Waals surface area contributed by atoms with Crippen molar-refractivity contribution in [2.75, 3.05) is 23.8 Å². The number of anilines is 3. The van der Waals surface area contributed by atoms with Crippen LogP contribution < -0.4 is 10.6 Å². The van der Waals surface area contributed by atoms with Gasteiger partial charge >= 0.3 is 0 Å². The molecule has 0 amide bonds. The molecule has 1 atom stereocenters. The van der Waals surface area contributed by atoms with E-state index in [2.05, 4.69) is 27.8 Å². The van der Waals surface area contributed by atoms with Gasteiger partial charge in [-0.1, -0.05) is 26.2 Å². The molecule has 3 N–H and O–H groups in total. The Morgan fingerprint density at radius 2 is 2.09 bits per heavy atom. The zero-order valence-corrected chi connectivity index (χ0v) is 19.1. The number of aromatic nitrogens is 4. The van der Waals surface area contributed by atoms with E-state index >= 15 is 0 Å². The van der Waals surface area contributed by atoms with Gasteiger partial charge in [0.05, 0.1) is 29.2 Å². The summed E-state index contributed by atoms with van der Waals surface area (Å²) in [6, 6.07) is 10.1. The van der Waals surface area contributed by atoms with E-state index in [0.29, 0.717) is 29.7 Å². The van der Waals surface area contributed by atoms with Gasteiger partial charge in [-0.25, -0.2) is 9.97 Å². The van der Waals surface area contributed by atoms with Crippen LogP contribution in [0.1, 0.15) is 61.8 Å². The molecule has 1 unspecified atom stereocenters. The van der Waals surface area contributed by atoms with E-state index < -0.39 is 5.41 Å². The number of nitrogens with zero attached hydrogens (tertiary/aromatic N) is 5. The Morgan fingerprint density at radius 3 is 2.85 bits per heavy atom. The molecule has 5 rings (SSSR count). The summed E-state index contributed by atoms with van der Waals surface area (Å²) >= 11 is 0. The molecule has 8 nitrogen and oxygen atoms in total. The lowest BCUT2D eigenvalue weighted by Crippen LogP contribution is -2.28. The van der Waals surface area contributed by atoms with Crippen molar-refractivity contribution in [1.29, 1.82) is 5.26 Å². The largest absolute Gasteiger partial charge is 0.395 e. The molecule has 1 fully saturated rings. The van der Waals surface area contributed by atoms with Gasteiger partial charge in [0.1, 0.15) is 11.9 Å². The number of rotatable bonds is 5. The molecule has 1 saturated carbocycles. The van der Waals surface area contributed by atoms with Crippen molar-refractivity contribution in [3.63, 3.8) is 0 Å². The van der Waals surface area contributed by atoms with Gasteiger partial charge in [0, 0.05) is 42.8 Å². The van der Waals surface area contributed by atoms with E-state index in [1.807, 2.05) is 36.9 Å². The highest BCUT2D eigenvalue weighted by atomic mass is 16.3. The summed E-state index contributed by atoms with van der Waals surface area (Å²) < 4.78 is 1.85. The summed E-state index contributed by atoms with van der Waals surface area (Å²) in [6.07, 6.45) is 7.97. The number of aliphatic hydroxyl groups excluding tert-OH is 1. The first-order valence-electron chi connectivity index (χ1n) is 11.6. The number of hydrogen-bond donors (Lipinski definition) is 3. The molecule has 0 bridgehead atoms. The highest BCUT2D eigenvalue weighted by Crippen LogP contribution is 2.41. The van der Waals surface area contributed by atoms with Gasteiger partial charge in [-0.2, -0.15) is 10.4 Å². The Kier molecular flexibility index (Phi) is 5.51.